The maximum atomic E-state index is 11.6. The number of anilines is 1. The first-order valence-corrected chi connectivity index (χ1v) is 8.51. The van der Waals surface area contributed by atoms with Crippen molar-refractivity contribution in [3.63, 3.8) is 0 Å². The molecule has 0 aliphatic heterocycles. The van der Waals surface area contributed by atoms with Gasteiger partial charge in [-0.3, -0.25) is 10.1 Å². The van der Waals surface area contributed by atoms with Gasteiger partial charge >= 0.3 is 11.9 Å². The summed E-state index contributed by atoms with van der Waals surface area (Å²) in [6.07, 6.45) is 0.818. The van der Waals surface area contributed by atoms with Crippen molar-refractivity contribution in [3.8, 4) is 11.3 Å². The van der Waals surface area contributed by atoms with Gasteiger partial charge in [0.1, 0.15) is 0 Å². The van der Waals surface area contributed by atoms with E-state index in [2.05, 4.69) is 15.0 Å². The second kappa shape index (κ2) is 8.08. The topological polar surface area (TPSA) is 68.3 Å². The highest BCUT2D eigenvalue weighted by Gasteiger charge is 2.18. The Morgan fingerprint density at radius 3 is 2.61 bits per heavy atom. The number of benzene rings is 1. The number of aromatic nitrogens is 1. The molecule has 0 aliphatic rings. The summed E-state index contributed by atoms with van der Waals surface area (Å²) in [6.45, 7) is 3.72. The SMILES string of the molecule is CCOC(=O)C(=O)Nc1nc(-c2ccc(CCCl)cc2)c(C)s1. The minimum Gasteiger partial charge on any atom is -0.459 e. The van der Waals surface area contributed by atoms with Crippen molar-refractivity contribution in [2.45, 2.75) is 20.3 Å². The summed E-state index contributed by atoms with van der Waals surface area (Å²) in [4.78, 5) is 28.3. The molecule has 5 nitrogen and oxygen atoms in total. The highest BCUT2D eigenvalue weighted by molar-refractivity contribution is 7.16. The number of nitrogens with zero attached hydrogens (tertiary/aromatic N) is 1. The Kier molecular flexibility index (Phi) is 6.12. The smallest absolute Gasteiger partial charge is 0.397 e. The molecule has 0 saturated heterocycles. The highest BCUT2D eigenvalue weighted by Crippen LogP contribution is 2.30. The van der Waals surface area contributed by atoms with Crippen molar-refractivity contribution in [3.05, 3.63) is 34.7 Å². The van der Waals surface area contributed by atoms with Crippen LogP contribution >= 0.6 is 22.9 Å². The Hall–Kier alpha value is -1.92. The molecule has 0 fully saturated rings. The van der Waals surface area contributed by atoms with Crippen LogP contribution in [-0.4, -0.2) is 29.3 Å². The Labute approximate surface area is 143 Å². The first kappa shape index (κ1) is 17.4. The van der Waals surface area contributed by atoms with Gasteiger partial charge < -0.3 is 4.74 Å². The molecule has 0 aliphatic carbocycles. The van der Waals surface area contributed by atoms with Crippen LogP contribution in [0, 0.1) is 6.92 Å². The molecular formula is C16H17ClN2O3S. The molecule has 0 radical (unpaired) electrons. The monoisotopic (exact) mass is 352 g/mol. The summed E-state index contributed by atoms with van der Waals surface area (Å²) < 4.78 is 4.65. The van der Waals surface area contributed by atoms with E-state index in [9.17, 15) is 9.59 Å². The predicted octanol–water partition coefficient (Wildman–Crippen LogP) is 3.40. The Balaban J connectivity index is 2.14. The van der Waals surface area contributed by atoms with E-state index < -0.39 is 11.9 Å². The third kappa shape index (κ3) is 4.53. The van der Waals surface area contributed by atoms with E-state index in [0.29, 0.717) is 11.0 Å². The summed E-state index contributed by atoms with van der Waals surface area (Å²) >= 11 is 7.04. The van der Waals surface area contributed by atoms with E-state index in [-0.39, 0.29) is 6.61 Å². The summed E-state index contributed by atoms with van der Waals surface area (Å²) in [5.41, 5.74) is 2.90. The number of hydrogen-bond donors (Lipinski definition) is 1. The summed E-state index contributed by atoms with van der Waals surface area (Å²) in [6, 6.07) is 7.96. The van der Waals surface area contributed by atoms with Gasteiger partial charge in [0.25, 0.3) is 0 Å². The van der Waals surface area contributed by atoms with Gasteiger partial charge in [-0.25, -0.2) is 9.78 Å². The Morgan fingerprint density at radius 1 is 1.30 bits per heavy atom. The van der Waals surface area contributed by atoms with Crippen molar-refractivity contribution in [1.82, 2.24) is 4.98 Å². The van der Waals surface area contributed by atoms with Crippen LogP contribution < -0.4 is 5.32 Å². The van der Waals surface area contributed by atoms with Crippen molar-refractivity contribution < 1.29 is 14.3 Å². The van der Waals surface area contributed by atoms with Gasteiger partial charge in [0.05, 0.1) is 12.3 Å². The van der Waals surface area contributed by atoms with E-state index in [1.54, 1.807) is 6.92 Å². The van der Waals surface area contributed by atoms with Crippen LogP contribution in [-0.2, 0) is 20.7 Å². The molecule has 122 valence electrons. The van der Waals surface area contributed by atoms with Crippen LogP contribution in [0.1, 0.15) is 17.4 Å². The first-order chi connectivity index (χ1) is 11.0. The lowest BCUT2D eigenvalue weighted by atomic mass is 10.1. The number of hydrogen-bond acceptors (Lipinski definition) is 5. The third-order valence-corrected chi connectivity index (χ3v) is 4.16. The van der Waals surface area contributed by atoms with Crippen LogP contribution in [0.3, 0.4) is 0 Å². The predicted molar refractivity (Wildman–Crippen MR) is 92.0 cm³/mol. The number of rotatable bonds is 5. The molecule has 7 heteroatoms. The number of ether oxygens (including phenoxy) is 1. The first-order valence-electron chi connectivity index (χ1n) is 7.16. The number of carbonyl (C=O) groups excluding carboxylic acids is 2. The van der Waals surface area contributed by atoms with Gasteiger partial charge in [-0.15, -0.1) is 22.9 Å². The molecule has 1 N–H and O–H groups in total. The van der Waals surface area contributed by atoms with Crippen LogP contribution in [0.2, 0.25) is 0 Å². The third-order valence-electron chi connectivity index (χ3n) is 3.09. The molecule has 2 aromatic rings. The lowest BCUT2D eigenvalue weighted by Gasteiger charge is -2.02. The van der Waals surface area contributed by atoms with Gasteiger partial charge in [0.15, 0.2) is 5.13 Å². The van der Waals surface area contributed by atoms with Gasteiger partial charge in [-0.1, -0.05) is 24.3 Å². The van der Waals surface area contributed by atoms with E-state index in [0.717, 1.165) is 28.1 Å². The molecule has 0 atom stereocenters. The van der Waals surface area contributed by atoms with Gasteiger partial charge in [-0.2, -0.15) is 0 Å². The average Bonchev–Trinajstić information content (AvgIpc) is 2.89. The molecule has 1 heterocycles. The molecule has 0 unspecified atom stereocenters. The lowest BCUT2D eigenvalue weighted by molar-refractivity contribution is -0.152. The highest BCUT2D eigenvalue weighted by atomic mass is 35.5. The number of carbonyl (C=O) groups is 2. The molecular weight excluding hydrogens is 336 g/mol. The van der Waals surface area contributed by atoms with E-state index in [1.165, 1.54) is 11.3 Å². The zero-order valence-electron chi connectivity index (χ0n) is 12.9. The number of amides is 1. The molecule has 2 rings (SSSR count). The summed E-state index contributed by atoms with van der Waals surface area (Å²) in [7, 11) is 0. The van der Waals surface area contributed by atoms with E-state index in [1.807, 2.05) is 31.2 Å². The maximum Gasteiger partial charge on any atom is 0.397 e. The van der Waals surface area contributed by atoms with Crippen molar-refractivity contribution >= 4 is 39.9 Å². The van der Waals surface area contributed by atoms with Gasteiger partial charge in [0, 0.05) is 16.3 Å². The summed E-state index contributed by atoms with van der Waals surface area (Å²) in [5, 5.41) is 2.84. The second-order valence-electron chi connectivity index (χ2n) is 4.73. The minimum atomic E-state index is -0.910. The Bertz CT molecular complexity index is 698. The second-order valence-corrected chi connectivity index (χ2v) is 6.32. The number of alkyl halides is 1. The van der Waals surface area contributed by atoms with Crippen LogP contribution in [0.5, 0.6) is 0 Å². The Morgan fingerprint density at radius 2 is 2.00 bits per heavy atom. The van der Waals surface area contributed by atoms with Crippen LogP contribution in [0.4, 0.5) is 5.13 Å². The zero-order chi connectivity index (χ0) is 16.8. The molecule has 1 aromatic heterocycles. The molecule has 1 amide bonds. The van der Waals surface area contributed by atoms with Crippen LogP contribution in [0.15, 0.2) is 24.3 Å². The van der Waals surface area contributed by atoms with Gasteiger partial charge in [0.2, 0.25) is 0 Å². The molecule has 0 spiro atoms. The normalized spacial score (nSPS) is 10.4. The number of aryl methyl sites for hydroxylation is 2. The average molecular weight is 353 g/mol. The number of nitrogens with one attached hydrogen (secondary N) is 1. The van der Waals surface area contributed by atoms with E-state index >= 15 is 0 Å². The fourth-order valence-electron chi connectivity index (χ4n) is 2.00. The van der Waals surface area contributed by atoms with Crippen molar-refractivity contribution in [1.29, 1.82) is 0 Å². The maximum absolute atomic E-state index is 11.6. The molecule has 0 bridgehead atoms. The number of esters is 1. The molecule has 1 aromatic carbocycles. The largest absolute Gasteiger partial charge is 0.459 e. The van der Waals surface area contributed by atoms with E-state index in [4.69, 9.17) is 11.6 Å². The van der Waals surface area contributed by atoms with Crippen molar-refractivity contribution in [2.75, 3.05) is 17.8 Å². The zero-order valence-corrected chi connectivity index (χ0v) is 14.5. The minimum absolute atomic E-state index is 0.156. The van der Waals surface area contributed by atoms with Gasteiger partial charge in [-0.05, 0) is 25.8 Å². The fourth-order valence-corrected chi connectivity index (χ4v) is 3.05. The molecule has 23 heavy (non-hydrogen) atoms. The fraction of sp³-hybridized carbons (Fsp3) is 0.312. The van der Waals surface area contributed by atoms with Crippen LogP contribution in [0.25, 0.3) is 11.3 Å². The summed E-state index contributed by atoms with van der Waals surface area (Å²) in [5.74, 6) is -1.14. The lowest BCUT2D eigenvalue weighted by Crippen LogP contribution is -2.24. The molecule has 0 saturated carbocycles. The van der Waals surface area contributed by atoms with Crippen molar-refractivity contribution in [2.24, 2.45) is 0 Å². The number of halogens is 1. The number of thiazole rings is 1. The standard InChI is InChI=1S/C16H17ClN2O3S/c1-3-22-15(21)14(20)19-16-18-13(10(2)23-16)12-6-4-11(5-7-12)8-9-17/h4-7H,3,8-9H2,1-2H3,(H,18,19,20). The quantitative estimate of drug-likeness (QED) is 0.508.